The highest BCUT2D eigenvalue weighted by molar-refractivity contribution is 5.96. The molecule has 1 aliphatic carbocycles. The lowest BCUT2D eigenvalue weighted by Gasteiger charge is -2.18. The van der Waals surface area contributed by atoms with Crippen molar-refractivity contribution in [2.45, 2.75) is 45.1 Å². The van der Waals surface area contributed by atoms with Crippen LogP contribution in [0.4, 0.5) is 0 Å². The molecule has 0 radical (unpaired) electrons. The summed E-state index contributed by atoms with van der Waals surface area (Å²) in [5, 5.41) is 7.98. The molecule has 2 aliphatic rings. The molecule has 3 heterocycles. The van der Waals surface area contributed by atoms with E-state index in [1.54, 1.807) is 18.7 Å². The van der Waals surface area contributed by atoms with Crippen molar-refractivity contribution in [3.63, 3.8) is 0 Å². The van der Waals surface area contributed by atoms with Crippen molar-refractivity contribution < 1.29 is 18.6 Å². The zero-order valence-electron chi connectivity index (χ0n) is 16.4. The summed E-state index contributed by atoms with van der Waals surface area (Å²) in [5.41, 5.74) is 1.94. The maximum atomic E-state index is 12.8. The van der Waals surface area contributed by atoms with Crippen LogP contribution in [0.15, 0.2) is 33.3 Å². The Morgan fingerprint density at radius 1 is 1.14 bits per heavy atom. The van der Waals surface area contributed by atoms with Gasteiger partial charge in [0.1, 0.15) is 23.2 Å². The Bertz CT molecular complexity index is 1030. The smallest absolute Gasteiger partial charge is 0.261 e. The summed E-state index contributed by atoms with van der Waals surface area (Å²) in [6.07, 6.45) is 2.88. The lowest BCUT2D eigenvalue weighted by Crippen LogP contribution is -2.31. The largest absolute Gasteiger partial charge is 0.488 e. The fourth-order valence-electron chi connectivity index (χ4n) is 3.73. The Morgan fingerprint density at radius 3 is 2.72 bits per heavy atom. The third-order valence-electron chi connectivity index (χ3n) is 5.47. The molecule has 0 N–H and O–H groups in total. The number of nitrogens with zero attached hydrogens (tertiary/aromatic N) is 4. The molecule has 1 atom stereocenters. The van der Waals surface area contributed by atoms with Crippen molar-refractivity contribution in [3.8, 4) is 17.2 Å². The van der Waals surface area contributed by atoms with E-state index in [-0.39, 0.29) is 12.0 Å². The van der Waals surface area contributed by atoms with Crippen LogP contribution in [-0.4, -0.2) is 45.3 Å². The fraction of sp³-hybridized carbons (Fsp3) is 0.429. The SMILES string of the molecule is Cc1noc(C)c1C(=O)N1CCC(Oc2ccccc2-c2nc(C3CC3)no2)C1. The van der Waals surface area contributed by atoms with Crippen LogP contribution in [-0.2, 0) is 0 Å². The summed E-state index contributed by atoms with van der Waals surface area (Å²) in [7, 11) is 0. The second kappa shape index (κ2) is 7.02. The second-order valence-corrected chi connectivity index (χ2v) is 7.71. The number of hydrogen-bond acceptors (Lipinski definition) is 7. The van der Waals surface area contributed by atoms with E-state index < -0.39 is 0 Å². The third kappa shape index (κ3) is 3.39. The quantitative estimate of drug-likeness (QED) is 0.653. The van der Waals surface area contributed by atoms with Crippen molar-refractivity contribution in [1.29, 1.82) is 0 Å². The molecule has 3 aromatic rings. The number of hydrogen-bond donors (Lipinski definition) is 0. The number of carbonyl (C=O) groups excluding carboxylic acids is 1. The van der Waals surface area contributed by atoms with Gasteiger partial charge in [-0.1, -0.05) is 22.4 Å². The van der Waals surface area contributed by atoms with Crippen LogP contribution in [0.1, 0.15) is 52.8 Å². The number of likely N-dealkylation sites (tertiary alicyclic amines) is 1. The number of carbonyl (C=O) groups is 1. The van der Waals surface area contributed by atoms with Crippen LogP contribution in [0, 0.1) is 13.8 Å². The second-order valence-electron chi connectivity index (χ2n) is 7.71. The highest BCUT2D eigenvalue weighted by Gasteiger charge is 2.32. The Morgan fingerprint density at radius 2 is 1.97 bits per heavy atom. The molecule has 0 spiro atoms. The normalized spacial score (nSPS) is 19.0. The molecule has 1 amide bonds. The molecule has 2 fully saturated rings. The zero-order valence-corrected chi connectivity index (χ0v) is 16.4. The van der Waals surface area contributed by atoms with Gasteiger partial charge in [-0.25, -0.2) is 0 Å². The molecule has 1 aliphatic heterocycles. The van der Waals surface area contributed by atoms with Gasteiger partial charge in [-0.15, -0.1) is 0 Å². The zero-order chi connectivity index (χ0) is 20.0. The van der Waals surface area contributed by atoms with Gasteiger partial charge in [0.25, 0.3) is 11.8 Å². The molecule has 1 aromatic carbocycles. The number of ether oxygens (including phenoxy) is 1. The van der Waals surface area contributed by atoms with Crippen LogP contribution in [0.3, 0.4) is 0 Å². The van der Waals surface area contributed by atoms with Gasteiger partial charge in [-0.3, -0.25) is 4.79 Å². The molecular weight excluding hydrogens is 372 g/mol. The maximum Gasteiger partial charge on any atom is 0.261 e. The van der Waals surface area contributed by atoms with Crippen LogP contribution in [0.25, 0.3) is 11.5 Å². The van der Waals surface area contributed by atoms with Gasteiger partial charge in [0, 0.05) is 18.9 Å². The first-order valence-corrected chi connectivity index (χ1v) is 9.92. The Balaban J connectivity index is 1.31. The van der Waals surface area contributed by atoms with Crippen molar-refractivity contribution >= 4 is 5.91 Å². The summed E-state index contributed by atoms with van der Waals surface area (Å²) in [6, 6.07) is 7.65. The van der Waals surface area contributed by atoms with E-state index in [0.29, 0.717) is 47.7 Å². The van der Waals surface area contributed by atoms with E-state index in [0.717, 1.165) is 30.7 Å². The van der Waals surface area contributed by atoms with E-state index in [2.05, 4.69) is 15.3 Å². The van der Waals surface area contributed by atoms with Crippen LogP contribution < -0.4 is 4.74 Å². The van der Waals surface area contributed by atoms with Crippen molar-refractivity contribution in [2.24, 2.45) is 0 Å². The van der Waals surface area contributed by atoms with Gasteiger partial charge in [0.15, 0.2) is 5.82 Å². The van der Waals surface area contributed by atoms with Gasteiger partial charge in [0.2, 0.25) is 0 Å². The van der Waals surface area contributed by atoms with Crippen molar-refractivity contribution in [3.05, 3.63) is 47.1 Å². The first-order valence-electron chi connectivity index (χ1n) is 9.92. The standard InChI is InChI=1S/C21H22N4O4/c1-12-18(13(2)28-23-12)21(26)25-10-9-15(11-25)27-17-6-4-3-5-16(17)20-22-19(24-29-20)14-7-8-14/h3-6,14-15H,7-11H2,1-2H3. The molecule has 29 heavy (non-hydrogen) atoms. The van der Waals surface area contributed by atoms with E-state index in [1.165, 1.54) is 0 Å². The minimum Gasteiger partial charge on any atom is -0.488 e. The highest BCUT2D eigenvalue weighted by atomic mass is 16.5. The first-order chi connectivity index (χ1) is 14.1. The predicted molar refractivity (Wildman–Crippen MR) is 103 cm³/mol. The molecule has 8 heteroatoms. The Labute approximate surface area is 167 Å². The average molecular weight is 394 g/mol. The van der Waals surface area contributed by atoms with Crippen LogP contribution >= 0.6 is 0 Å². The number of para-hydroxylation sites is 1. The Kier molecular flexibility index (Phi) is 4.34. The number of rotatable bonds is 5. The van der Waals surface area contributed by atoms with Gasteiger partial charge in [-0.2, -0.15) is 4.98 Å². The minimum atomic E-state index is -0.105. The molecule has 1 saturated heterocycles. The molecule has 8 nitrogen and oxygen atoms in total. The van der Waals surface area contributed by atoms with E-state index in [9.17, 15) is 4.79 Å². The van der Waals surface area contributed by atoms with E-state index in [1.807, 2.05) is 24.3 Å². The number of benzene rings is 1. The number of aromatic nitrogens is 3. The van der Waals surface area contributed by atoms with Crippen LogP contribution in [0.5, 0.6) is 5.75 Å². The van der Waals surface area contributed by atoms with Gasteiger partial charge < -0.3 is 18.7 Å². The summed E-state index contributed by atoms with van der Waals surface area (Å²) >= 11 is 0. The van der Waals surface area contributed by atoms with Gasteiger partial charge in [0.05, 0.1) is 17.8 Å². The monoisotopic (exact) mass is 394 g/mol. The van der Waals surface area contributed by atoms with Crippen LogP contribution in [0.2, 0.25) is 0 Å². The summed E-state index contributed by atoms with van der Waals surface area (Å²) in [6.45, 7) is 4.68. The lowest BCUT2D eigenvalue weighted by atomic mass is 10.2. The average Bonchev–Trinajstić information content (AvgIpc) is 3.12. The molecule has 5 rings (SSSR count). The third-order valence-corrected chi connectivity index (χ3v) is 5.47. The Hall–Kier alpha value is -3.16. The van der Waals surface area contributed by atoms with E-state index in [4.69, 9.17) is 13.8 Å². The minimum absolute atomic E-state index is 0.0633. The lowest BCUT2D eigenvalue weighted by molar-refractivity contribution is 0.0770. The molecule has 1 saturated carbocycles. The fourth-order valence-corrected chi connectivity index (χ4v) is 3.73. The maximum absolute atomic E-state index is 12.8. The number of amides is 1. The number of aryl methyl sites for hydroxylation is 2. The molecule has 150 valence electrons. The van der Waals surface area contributed by atoms with Gasteiger partial charge >= 0.3 is 0 Å². The highest BCUT2D eigenvalue weighted by Crippen LogP contribution is 2.40. The summed E-state index contributed by atoms with van der Waals surface area (Å²) in [5.74, 6) is 2.85. The van der Waals surface area contributed by atoms with E-state index >= 15 is 0 Å². The molecule has 2 aromatic heterocycles. The summed E-state index contributed by atoms with van der Waals surface area (Å²) in [4.78, 5) is 19.2. The van der Waals surface area contributed by atoms with Crippen molar-refractivity contribution in [1.82, 2.24) is 20.2 Å². The molecule has 0 bridgehead atoms. The summed E-state index contributed by atoms with van der Waals surface area (Å²) < 4.78 is 16.8. The predicted octanol–water partition coefficient (Wildman–Crippen LogP) is 3.51. The first kappa shape index (κ1) is 17.9. The molecule has 1 unspecified atom stereocenters. The molecular formula is C21H22N4O4. The van der Waals surface area contributed by atoms with Crippen molar-refractivity contribution in [2.75, 3.05) is 13.1 Å². The van der Waals surface area contributed by atoms with Gasteiger partial charge in [-0.05, 0) is 38.8 Å². The topological polar surface area (TPSA) is 94.5 Å².